The second-order valence-corrected chi connectivity index (χ2v) is 4.30. The van der Waals surface area contributed by atoms with Crippen molar-refractivity contribution in [2.75, 3.05) is 30.4 Å². The van der Waals surface area contributed by atoms with E-state index in [1.165, 1.54) is 0 Å². The second kappa shape index (κ2) is 6.53. The topological polar surface area (TPSA) is 52.0 Å². The number of rotatable bonds is 5. The molecule has 0 spiro atoms. The summed E-state index contributed by atoms with van der Waals surface area (Å²) in [7, 11) is 1.84. The third kappa shape index (κ3) is 3.65. The predicted molar refractivity (Wildman–Crippen MR) is 71.9 cm³/mol. The molecule has 0 amide bonds. The summed E-state index contributed by atoms with van der Waals surface area (Å²) in [6.07, 6.45) is 0.424. The Morgan fingerprint density at radius 1 is 1.47 bits per heavy atom. The number of halogens is 2. The van der Waals surface area contributed by atoms with E-state index in [4.69, 9.17) is 28.5 Å². The van der Waals surface area contributed by atoms with Crippen molar-refractivity contribution in [1.82, 2.24) is 4.98 Å². The maximum absolute atomic E-state index is 8.55. The van der Waals surface area contributed by atoms with Crippen molar-refractivity contribution in [3.8, 4) is 6.07 Å². The van der Waals surface area contributed by atoms with Gasteiger partial charge in [0.05, 0.1) is 22.5 Å². The highest BCUT2D eigenvalue weighted by Gasteiger charge is 2.12. The zero-order chi connectivity index (χ0) is 12.8. The molecule has 0 aliphatic carbocycles. The molecule has 0 aliphatic heterocycles. The molecule has 0 atom stereocenters. The average molecular weight is 273 g/mol. The third-order valence-corrected chi connectivity index (χ3v) is 2.74. The monoisotopic (exact) mass is 272 g/mol. The number of hydrogen-bond acceptors (Lipinski definition) is 4. The van der Waals surface area contributed by atoms with Crippen LogP contribution in [0, 0.1) is 11.3 Å². The predicted octanol–water partition coefficient (Wildman–Crippen LogP) is 3.17. The molecule has 1 aromatic heterocycles. The Morgan fingerprint density at radius 3 is 2.76 bits per heavy atom. The molecule has 6 heteroatoms. The Kier molecular flexibility index (Phi) is 5.33. The molecular weight excluding hydrogens is 259 g/mol. The minimum atomic E-state index is 0.424. The molecule has 1 heterocycles. The summed E-state index contributed by atoms with van der Waals surface area (Å²) >= 11 is 12.1. The van der Waals surface area contributed by atoms with Crippen LogP contribution in [0.2, 0.25) is 10.0 Å². The lowest BCUT2D eigenvalue weighted by Crippen LogP contribution is -2.20. The van der Waals surface area contributed by atoms with Crippen LogP contribution in [-0.2, 0) is 0 Å². The Hall–Kier alpha value is -1.18. The minimum Gasteiger partial charge on any atom is -0.369 e. The van der Waals surface area contributed by atoms with E-state index in [0.717, 1.165) is 6.54 Å². The zero-order valence-electron chi connectivity index (χ0n) is 9.80. The van der Waals surface area contributed by atoms with Gasteiger partial charge in [0, 0.05) is 20.1 Å². The summed E-state index contributed by atoms with van der Waals surface area (Å²) in [5.41, 5.74) is 0. The Balaban J connectivity index is 2.98. The fourth-order valence-corrected chi connectivity index (χ4v) is 1.91. The van der Waals surface area contributed by atoms with E-state index in [1.54, 1.807) is 6.07 Å². The van der Waals surface area contributed by atoms with E-state index in [0.29, 0.717) is 34.6 Å². The molecule has 0 aliphatic rings. The average Bonchev–Trinajstić information content (AvgIpc) is 2.29. The first kappa shape index (κ1) is 13.9. The first-order valence-electron chi connectivity index (χ1n) is 5.28. The number of pyridine rings is 1. The lowest BCUT2D eigenvalue weighted by molar-refractivity contribution is 0.885. The molecule has 1 aromatic rings. The Morgan fingerprint density at radius 2 is 2.18 bits per heavy atom. The fourth-order valence-electron chi connectivity index (χ4n) is 1.34. The summed E-state index contributed by atoms with van der Waals surface area (Å²) in [5.74, 6) is 1.24. The van der Waals surface area contributed by atoms with Crippen LogP contribution in [0.5, 0.6) is 0 Å². The van der Waals surface area contributed by atoms with Crippen molar-refractivity contribution in [3.63, 3.8) is 0 Å². The standard InChI is InChI=1S/C11H14Cl2N4/c1-3-15-10-8(12)7-9(13)11(16-10)17(2)6-4-5-14/h7H,3-4,6H2,1-2H3,(H,15,16). The fraction of sp³-hybridized carbons (Fsp3) is 0.455. The molecule has 1 N–H and O–H groups in total. The normalized spacial score (nSPS) is 9.82. The van der Waals surface area contributed by atoms with Crippen LogP contribution in [0.15, 0.2) is 6.07 Å². The highest BCUT2D eigenvalue weighted by molar-refractivity contribution is 6.37. The van der Waals surface area contributed by atoms with Gasteiger partial charge in [-0.05, 0) is 13.0 Å². The van der Waals surface area contributed by atoms with Crippen LogP contribution < -0.4 is 10.2 Å². The molecule has 4 nitrogen and oxygen atoms in total. The van der Waals surface area contributed by atoms with Gasteiger partial charge in [-0.25, -0.2) is 4.98 Å². The molecule has 0 bridgehead atoms. The molecule has 0 radical (unpaired) electrons. The number of nitrogens with one attached hydrogen (secondary N) is 1. The van der Waals surface area contributed by atoms with Gasteiger partial charge in [-0.3, -0.25) is 0 Å². The van der Waals surface area contributed by atoms with Gasteiger partial charge in [-0.15, -0.1) is 0 Å². The second-order valence-electron chi connectivity index (χ2n) is 3.48. The van der Waals surface area contributed by atoms with Gasteiger partial charge < -0.3 is 10.2 Å². The van der Waals surface area contributed by atoms with E-state index in [1.807, 2.05) is 18.9 Å². The summed E-state index contributed by atoms with van der Waals surface area (Å²) in [5, 5.41) is 12.6. The van der Waals surface area contributed by atoms with Crippen molar-refractivity contribution in [3.05, 3.63) is 16.1 Å². The lowest BCUT2D eigenvalue weighted by atomic mass is 10.3. The highest BCUT2D eigenvalue weighted by atomic mass is 35.5. The Labute approximate surface area is 111 Å². The van der Waals surface area contributed by atoms with E-state index in [-0.39, 0.29) is 0 Å². The summed E-state index contributed by atoms with van der Waals surface area (Å²) in [6.45, 7) is 3.28. The number of hydrogen-bond donors (Lipinski definition) is 1. The molecule has 0 saturated heterocycles. The summed E-state index contributed by atoms with van der Waals surface area (Å²) in [6, 6.07) is 3.74. The van der Waals surface area contributed by atoms with Gasteiger partial charge in [0.25, 0.3) is 0 Å². The van der Waals surface area contributed by atoms with Gasteiger partial charge in [0.1, 0.15) is 11.6 Å². The van der Waals surface area contributed by atoms with Gasteiger partial charge >= 0.3 is 0 Å². The van der Waals surface area contributed by atoms with Crippen LogP contribution in [-0.4, -0.2) is 25.1 Å². The number of nitrogens with zero attached hydrogens (tertiary/aromatic N) is 3. The van der Waals surface area contributed by atoms with Crippen LogP contribution in [0.1, 0.15) is 13.3 Å². The highest BCUT2D eigenvalue weighted by Crippen LogP contribution is 2.30. The van der Waals surface area contributed by atoms with Crippen LogP contribution in [0.4, 0.5) is 11.6 Å². The molecule has 0 saturated carbocycles. The molecule has 92 valence electrons. The first-order valence-corrected chi connectivity index (χ1v) is 6.03. The van der Waals surface area contributed by atoms with E-state index in [9.17, 15) is 0 Å². The molecule has 1 rings (SSSR count). The van der Waals surface area contributed by atoms with Crippen molar-refractivity contribution in [2.45, 2.75) is 13.3 Å². The lowest BCUT2D eigenvalue weighted by Gasteiger charge is -2.19. The van der Waals surface area contributed by atoms with Crippen molar-refractivity contribution < 1.29 is 0 Å². The largest absolute Gasteiger partial charge is 0.369 e. The Bertz CT molecular complexity index is 428. The van der Waals surface area contributed by atoms with Crippen LogP contribution >= 0.6 is 23.2 Å². The first-order chi connectivity index (χ1) is 8.10. The summed E-state index contributed by atoms with van der Waals surface area (Å²) in [4.78, 5) is 6.19. The minimum absolute atomic E-state index is 0.424. The van der Waals surface area contributed by atoms with E-state index < -0.39 is 0 Å². The molecule has 0 aromatic carbocycles. The molecule has 0 unspecified atom stereocenters. The van der Waals surface area contributed by atoms with Gasteiger partial charge in [0.2, 0.25) is 0 Å². The number of nitriles is 1. The van der Waals surface area contributed by atoms with E-state index >= 15 is 0 Å². The smallest absolute Gasteiger partial charge is 0.149 e. The summed E-state index contributed by atoms with van der Waals surface area (Å²) < 4.78 is 0. The number of anilines is 2. The number of aromatic nitrogens is 1. The van der Waals surface area contributed by atoms with Gasteiger partial charge in [-0.1, -0.05) is 23.2 Å². The van der Waals surface area contributed by atoms with Crippen LogP contribution in [0.3, 0.4) is 0 Å². The van der Waals surface area contributed by atoms with Crippen molar-refractivity contribution >= 4 is 34.8 Å². The van der Waals surface area contributed by atoms with Gasteiger partial charge in [-0.2, -0.15) is 5.26 Å². The van der Waals surface area contributed by atoms with E-state index in [2.05, 4.69) is 16.4 Å². The maximum atomic E-state index is 8.55. The van der Waals surface area contributed by atoms with Crippen molar-refractivity contribution in [2.24, 2.45) is 0 Å². The van der Waals surface area contributed by atoms with Gasteiger partial charge in [0.15, 0.2) is 0 Å². The van der Waals surface area contributed by atoms with Crippen LogP contribution in [0.25, 0.3) is 0 Å². The maximum Gasteiger partial charge on any atom is 0.149 e. The molecular formula is C11H14Cl2N4. The quantitative estimate of drug-likeness (QED) is 0.895. The SMILES string of the molecule is CCNc1nc(N(C)CCC#N)c(Cl)cc1Cl. The third-order valence-electron chi connectivity index (χ3n) is 2.18. The molecule has 0 fully saturated rings. The zero-order valence-corrected chi connectivity index (χ0v) is 11.3. The molecule has 17 heavy (non-hydrogen) atoms. The van der Waals surface area contributed by atoms with Crippen molar-refractivity contribution in [1.29, 1.82) is 5.26 Å².